The minimum Gasteiger partial charge on any atom is -0.338 e. The van der Waals surface area contributed by atoms with Gasteiger partial charge in [-0.25, -0.2) is 8.42 Å². The Kier molecular flexibility index (Phi) is 5.69. The molecule has 0 bridgehead atoms. The van der Waals surface area contributed by atoms with E-state index in [9.17, 15) is 8.42 Å². The summed E-state index contributed by atoms with van der Waals surface area (Å²) in [5.41, 5.74) is 1.76. The maximum Gasteiger partial charge on any atom is 0.243 e. The zero-order valence-electron chi connectivity index (χ0n) is 16.0. The number of aryl methyl sites for hydroxylation is 1. The molecule has 4 rings (SSSR count). The third kappa shape index (κ3) is 4.51. The van der Waals surface area contributed by atoms with Crippen LogP contribution in [0.3, 0.4) is 0 Å². The van der Waals surface area contributed by atoms with Gasteiger partial charge in [-0.05, 0) is 48.9 Å². The Bertz CT molecular complexity index is 1090. The van der Waals surface area contributed by atoms with Gasteiger partial charge in [-0.15, -0.1) is 0 Å². The summed E-state index contributed by atoms with van der Waals surface area (Å²) in [5.74, 6) is 1.02. The Morgan fingerprint density at radius 1 is 1.07 bits per heavy atom. The SMILES string of the molecule is Cc1cccc(S(=O)(=O)N2CCN(Cc3nc(-c4ccc(Cl)cc4)no3)CC2)c1. The lowest BCUT2D eigenvalue weighted by atomic mass is 10.2. The fraction of sp³-hybridized carbons (Fsp3) is 0.300. The molecule has 1 aliphatic rings. The van der Waals surface area contributed by atoms with Gasteiger partial charge < -0.3 is 4.52 Å². The molecule has 152 valence electrons. The Morgan fingerprint density at radius 2 is 1.79 bits per heavy atom. The van der Waals surface area contributed by atoms with Gasteiger partial charge in [0.05, 0.1) is 11.4 Å². The molecule has 1 fully saturated rings. The van der Waals surface area contributed by atoms with Crippen LogP contribution in [0.2, 0.25) is 5.02 Å². The average molecular weight is 433 g/mol. The number of hydrogen-bond donors (Lipinski definition) is 0. The van der Waals surface area contributed by atoms with Gasteiger partial charge in [-0.2, -0.15) is 9.29 Å². The molecule has 0 atom stereocenters. The van der Waals surface area contributed by atoms with E-state index >= 15 is 0 Å². The fourth-order valence-corrected chi connectivity index (χ4v) is 4.93. The van der Waals surface area contributed by atoms with Crippen LogP contribution < -0.4 is 0 Å². The molecule has 0 spiro atoms. The van der Waals surface area contributed by atoms with Gasteiger partial charge in [-0.1, -0.05) is 28.9 Å². The maximum absolute atomic E-state index is 12.8. The van der Waals surface area contributed by atoms with Crippen LogP contribution in [-0.2, 0) is 16.6 Å². The monoisotopic (exact) mass is 432 g/mol. The minimum atomic E-state index is -3.47. The van der Waals surface area contributed by atoms with E-state index in [2.05, 4.69) is 15.0 Å². The smallest absolute Gasteiger partial charge is 0.243 e. The molecular weight excluding hydrogens is 412 g/mol. The van der Waals surface area contributed by atoms with Crippen molar-refractivity contribution in [3.63, 3.8) is 0 Å². The summed E-state index contributed by atoms with van der Waals surface area (Å²) >= 11 is 5.91. The predicted octanol–water partition coefficient (Wildman–Crippen LogP) is 3.20. The van der Waals surface area contributed by atoms with E-state index in [1.807, 2.05) is 25.1 Å². The van der Waals surface area contributed by atoms with Crippen molar-refractivity contribution in [3.05, 3.63) is 65.0 Å². The van der Waals surface area contributed by atoms with Crippen molar-refractivity contribution in [2.75, 3.05) is 26.2 Å². The number of halogens is 1. The average Bonchev–Trinajstić information content (AvgIpc) is 3.17. The number of hydrogen-bond acceptors (Lipinski definition) is 6. The zero-order valence-corrected chi connectivity index (χ0v) is 17.5. The number of sulfonamides is 1. The molecular formula is C20H21ClN4O3S. The Labute approximate surface area is 174 Å². The van der Waals surface area contributed by atoms with Crippen LogP contribution >= 0.6 is 11.6 Å². The molecule has 1 aliphatic heterocycles. The molecule has 7 nitrogen and oxygen atoms in total. The summed E-state index contributed by atoms with van der Waals surface area (Å²) in [7, 11) is -3.47. The number of rotatable bonds is 5. The Balaban J connectivity index is 1.37. The molecule has 0 saturated carbocycles. The van der Waals surface area contributed by atoms with Crippen LogP contribution in [0, 0.1) is 6.92 Å². The molecule has 0 amide bonds. The summed E-state index contributed by atoms with van der Waals surface area (Å²) in [4.78, 5) is 6.89. The largest absolute Gasteiger partial charge is 0.338 e. The highest BCUT2D eigenvalue weighted by molar-refractivity contribution is 7.89. The quantitative estimate of drug-likeness (QED) is 0.616. The lowest BCUT2D eigenvalue weighted by Crippen LogP contribution is -2.48. The molecule has 2 aromatic carbocycles. The van der Waals surface area contributed by atoms with Crippen LogP contribution in [0.15, 0.2) is 57.9 Å². The van der Waals surface area contributed by atoms with E-state index in [0.29, 0.717) is 54.4 Å². The lowest BCUT2D eigenvalue weighted by Gasteiger charge is -2.33. The fourth-order valence-electron chi connectivity index (χ4n) is 3.28. The standard InChI is InChI=1S/C20H21ClN4O3S/c1-15-3-2-4-18(13-15)29(26,27)25-11-9-24(10-12-25)14-19-22-20(23-28-19)16-5-7-17(21)8-6-16/h2-8,13H,9-12,14H2,1H3. The maximum atomic E-state index is 12.8. The Morgan fingerprint density at radius 3 is 2.48 bits per heavy atom. The molecule has 0 radical (unpaired) electrons. The third-order valence-electron chi connectivity index (χ3n) is 4.89. The van der Waals surface area contributed by atoms with Crippen LogP contribution in [0.1, 0.15) is 11.5 Å². The first-order chi connectivity index (χ1) is 13.9. The van der Waals surface area contributed by atoms with Gasteiger partial charge >= 0.3 is 0 Å². The summed E-state index contributed by atoms with van der Waals surface area (Å²) in [5, 5.41) is 4.67. The molecule has 29 heavy (non-hydrogen) atoms. The highest BCUT2D eigenvalue weighted by Gasteiger charge is 2.29. The van der Waals surface area contributed by atoms with E-state index < -0.39 is 10.0 Å². The van der Waals surface area contributed by atoms with Gasteiger partial charge in [-0.3, -0.25) is 4.90 Å². The first-order valence-corrected chi connectivity index (χ1v) is 11.1. The molecule has 9 heteroatoms. The molecule has 0 unspecified atom stereocenters. The summed E-state index contributed by atoms with van der Waals surface area (Å²) in [6, 6.07) is 14.2. The number of benzene rings is 2. The van der Waals surface area contributed by atoms with Crippen LogP contribution in [0.5, 0.6) is 0 Å². The van der Waals surface area contributed by atoms with E-state index in [1.165, 1.54) is 4.31 Å². The van der Waals surface area contributed by atoms with E-state index in [4.69, 9.17) is 16.1 Å². The van der Waals surface area contributed by atoms with Crippen LogP contribution in [0.25, 0.3) is 11.4 Å². The topological polar surface area (TPSA) is 79.5 Å². The second kappa shape index (κ2) is 8.23. The molecule has 1 aromatic heterocycles. The molecule has 3 aromatic rings. The van der Waals surface area contributed by atoms with Gasteiger partial charge in [0.15, 0.2) is 0 Å². The lowest BCUT2D eigenvalue weighted by molar-refractivity contribution is 0.163. The van der Waals surface area contributed by atoms with Crippen LogP contribution in [-0.4, -0.2) is 53.9 Å². The van der Waals surface area contributed by atoms with Crippen molar-refractivity contribution in [3.8, 4) is 11.4 Å². The first kappa shape index (κ1) is 20.0. The molecule has 1 saturated heterocycles. The van der Waals surface area contributed by atoms with Gasteiger partial charge in [0, 0.05) is 36.8 Å². The number of nitrogens with zero attached hydrogens (tertiary/aromatic N) is 4. The van der Waals surface area contributed by atoms with Gasteiger partial charge in [0.1, 0.15) is 0 Å². The Hall–Kier alpha value is -2.26. The summed E-state index contributed by atoms with van der Waals surface area (Å²) in [6.45, 7) is 4.43. The molecule has 2 heterocycles. The highest BCUT2D eigenvalue weighted by atomic mass is 35.5. The van der Waals surface area contributed by atoms with Crippen molar-refractivity contribution in [1.82, 2.24) is 19.3 Å². The van der Waals surface area contributed by atoms with Crippen molar-refractivity contribution < 1.29 is 12.9 Å². The third-order valence-corrected chi connectivity index (χ3v) is 7.03. The number of aromatic nitrogens is 2. The van der Waals surface area contributed by atoms with Crippen LogP contribution in [0.4, 0.5) is 0 Å². The normalized spacial score (nSPS) is 16.2. The van der Waals surface area contributed by atoms with Crippen molar-refractivity contribution in [2.45, 2.75) is 18.4 Å². The summed E-state index contributed by atoms with van der Waals surface area (Å²) < 4.78 is 32.6. The summed E-state index contributed by atoms with van der Waals surface area (Å²) in [6.07, 6.45) is 0. The predicted molar refractivity (Wildman–Crippen MR) is 110 cm³/mol. The zero-order chi connectivity index (χ0) is 20.4. The number of piperazine rings is 1. The van der Waals surface area contributed by atoms with E-state index in [1.54, 1.807) is 30.3 Å². The van der Waals surface area contributed by atoms with E-state index in [-0.39, 0.29) is 0 Å². The minimum absolute atomic E-state index is 0.343. The molecule has 0 N–H and O–H groups in total. The second-order valence-corrected chi connectivity index (χ2v) is 9.39. The van der Waals surface area contributed by atoms with Crippen molar-refractivity contribution >= 4 is 21.6 Å². The van der Waals surface area contributed by atoms with Crippen molar-refractivity contribution in [2.24, 2.45) is 0 Å². The second-order valence-electron chi connectivity index (χ2n) is 7.02. The molecule has 0 aliphatic carbocycles. The van der Waals surface area contributed by atoms with E-state index in [0.717, 1.165) is 11.1 Å². The first-order valence-electron chi connectivity index (χ1n) is 9.29. The van der Waals surface area contributed by atoms with Gasteiger partial charge in [0.2, 0.25) is 21.7 Å². The van der Waals surface area contributed by atoms with Gasteiger partial charge in [0.25, 0.3) is 0 Å². The highest BCUT2D eigenvalue weighted by Crippen LogP contribution is 2.21. The van der Waals surface area contributed by atoms with Crippen molar-refractivity contribution in [1.29, 1.82) is 0 Å².